The summed E-state index contributed by atoms with van der Waals surface area (Å²) in [6.07, 6.45) is 2.98. The van der Waals surface area contributed by atoms with Crippen molar-refractivity contribution in [2.24, 2.45) is 0 Å². The van der Waals surface area contributed by atoms with Gasteiger partial charge in [0.05, 0.1) is 0 Å². The fourth-order valence-electron chi connectivity index (χ4n) is 2.67. The molecule has 1 aliphatic rings. The number of anilines is 2. The Balaban J connectivity index is 1.89. The van der Waals surface area contributed by atoms with E-state index in [0.29, 0.717) is 5.95 Å². The van der Waals surface area contributed by atoms with E-state index in [1.54, 1.807) is 0 Å². The first-order chi connectivity index (χ1) is 9.78. The van der Waals surface area contributed by atoms with Crippen molar-refractivity contribution in [2.75, 3.05) is 23.3 Å². The van der Waals surface area contributed by atoms with Crippen molar-refractivity contribution in [2.45, 2.75) is 26.8 Å². The number of fused-ring (bicyclic) bond motifs is 1. The summed E-state index contributed by atoms with van der Waals surface area (Å²) in [5.41, 5.74) is 4.00. The lowest BCUT2D eigenvalue weighted by Gasteiger charge is -2.30. The standard InChI is InChI=1S/C16H20N4/c1-3-17-16-18-10-12(2)15(19-16)20-9-8-13-6-4-5-7-14(13)11-20/h4-7,10H,3,8-9,11H2,1-2H3,(H,17,18,19). The van der Waals surface area contributed by atoms with Gasteiger partial charge in [-0.1, -0.05) is 24.3 Å². The third kappa shape index (κ3) is 2.46. The second kappa shape index (κ2) is 5.49. The molecule has 0 bridgehead atoms. The van der Waals surface area contributed by atoms with Crippen LogP contribution < -0.4 is 10.2 Å². The summed E-state index contributed by atoms with van der Waals surface area (Å²) in [6.45, 7) is 6.91. The molecule has 0 radical (unpaired) electrons. The predicted octanol–water partition coefficient (Wildman–Crippen LogP) is 2.78. The third-order valence-electron chi connectivity index (χ3n) is 3.71. The number of nitrogens with one attached hydrogen (secondary N) is 1. The molecule has 2 heterocycles. The largest absolute Gasteiger partial charge is 0.354 e. The van der Waals surface area contributed by atoms with Gasteiger partial charge in [0, 0.05) is 31.4 Å². The topological polar surface area (TPSA) is 41.1 Å². The van der Waals surface area contributed by atoms with E-state index in [4.69, 9.17) is 0 Å². The highest BCUT2D eigenvalue weighted by molar-refractivity contribution is 5.51. The first-order valence-electron chi connectivity index (χ1n) is 7.17. The smallest absolute Gasteiger partial charge is 0.224 e. The van der Waals surface area contributed by atoms with Crippen molar-refractivity contribution in [1.82, 2.24) is 9.97 Å². The van der Waals surface area contributed by atoms with Gasteiger partial charge in [0.2, 0.25) is 5.95 Å². The minimum absolute atomic E-state index is 0.715. The molecular weight excluding hydrogens is 248 g/mol. The maximum atomic E-state index is 4.66. The van der Waals surface area contributed by atoms with Crippen molar-refractivity contribution < 1.29 is 0 Å². The number of hydrogen-bond donors (Lipinski definition) is 1. The highest BCUT2D eigenvalue weighted by atomic mass is 15.2. The number of rotatable bonds is 3. The van der Waals surface area contributed by atoms with Crippen LogP contribution in [-0.2, 0) is 13.0 Å². The van der Waals surface area contributed by atoms with E-state index in [0.717, 1.165) is 37.4 Å². The van der Waals surface area contributed by atoms with E-state index in [2.05, 4.69) is 58.3 Å². The number of aromatic nitrogens is 2. The fraction of sp³-hybridized carbons (Fsp3) is 0.375. The Morgan fingerprint density at radius 1 is 1.25 bits per heavy atom. The van der Waals surface area contributed by atoms with Gasteiger partial charge < -0.3 is 10.2 Å². The van der Waals surface area contributed by atoms with Crippen molar-refractivity contribution in [3.05, 3.63) is 47.2 Å². The average Bonchev–Trinajstić information content (AvgIpc) is 2.49. The molecule has 0 saturated carbocycles. The minimum Gasteiger partial charge on any atom is -0.354 e. The van der Waals surface area contributed by atoms with Crippen LogP contribution in [0.15, 0.2) is 30.5 Å². The first kappa shape index (κ1) is 12.9. The molecule has 1 N–H and O–H groups in total. The van der Waals surface area contributed by atoms with Gasteiger partial charge in [-0.25, -0.2) is 4.98 Å². The molecule has 1 aliphatic heterocycles. The minimum atomic E-state index is 0.715. The third-order valence-corrected chi connectivity index (χ3v) is 3.71. The van der Waals surface area contributed by atoms with Crippen molar-refractivity contribution in [3.63, 3.8) is 0 Å². The van der Waals surface area contributed by atoms with Gasteiger partial charge in [0.1, 0.15) is 5.82 Å². The van der Waals surface area contributed by atoms with Crippen molar-refractivity contribution in [3.8, 4) is 0 Å². The summed E-state index contributed by atoms with van der Waals surface area (Å²) in [6, 6.07) is 8.67. The Kier molecular flexibility index (Phi) is 3.54. The Labute approximate surface area is 119 Å². The Morgan fingerprint density at radius 3 is 2.85 bits per heavy atom. The first-order valence-corrected chi connectivity index (χ1v) is 7.17. The molecule has 4 nitrogen and oxygen atoms in total. The molecule has 20 heavy (non-hydrogen) atoms. The lowest BCUT2D eigenvalue weighted by atomic mass is 10.00. The van der Waals surface area contributed by atoms with Crippen LogP contribution in [0.25, 0.3) is 0 Å². The zero-order chi connectivity index (χ0) is 13.9. The second-order valence-electron chi connectivity index (χ2n) is 5.17. The highest BCUT2D eigenvalue weighted by Gasteiger charge is 2.19. The van der Waals surface area contributed by atoms with Gasteiger partial charge in [-0.15, -0.1) is 0 Å². The monoisotopic (exact) mass is 268 g/mol. The zero-order valence-electron chi connectivity index (χ0n) is 12.1. The quantitative estimate of drug-likeness (QED) is 0.929. The predicted molar refractivity (Wildman–Crippen MR) is 82.1 cm³/mol. The molecule has 0 unspecified atom stereocenters. The van der Waals surface area contributed by atoms with Crippen LogP contribution in [0.2, 0.25) is 0 Å². The SMILES string of the molecule is CCNc1ncc(C)c(N2CCc3ccccc3C2)n1. The zero-order valence-corrected chi connectivity index (χ0v) is 12.1. The summed E-state index contributed by atoms with van der Waals surface area (Å²) < 4.78 is 0. The van der Waals surface area contributed by atoms with E-state index < -0.39 is 0 Å². The summed E-state index contributed by atoms with van der Waals surface area (Å²) in [7, 11) is 0. The Morgan fingerprint density at radius 2 is 2.05 bits per heavy atom. The lowest BCUT2D eigenvalue weighted by Crippen LogP contribution is -2.31. The molecule has 0 atom stereocenters. The van der Waals surface area contributed by atoms with Crippen LogP contribution in [0.3, 0.4) is 0 Å². The van der Waals surface area contributed by atoms with Crippen LogP contribution in [-0.4, -0.2) is 23.1 Å². The van der Waals surface area contributed by atoms with Crippen LogP contribution in [0.4, 0.5) is 11.8 Å². The normalized spacial score (nSPS) is 14.0. The van der Waals surface area contributed by atoms with Crippen LogP contribution >= 0.6 is 0 Å². The van der Waals surface area contributed by atoms with Gasteiger partial charge >= 0.3 is 0 Å². The van der Waals surface area contributed by atoms with E-state index in [1.165, 1.54) is 11.1 Å². The molecule has 0 fully saturated rings. The number of benzene rings is 1. The van der Waals surface area contributed by atoms with E-state index in [-0.39, 0.29) is 0 Å². The molecule has 4 heteroatoms. The van der Waals surface area contributed by atoms with E-state index >= 15 is 0 Å². The van der Waals surface area contributed by atoms with Crippen molar-refractivity contribution in [1.29, 1.82) is 0 Å². The summed E-state index contributed by atoms with van der Waals surface area (Å²) in [4.78, 5) is 11.3. The summed E-state index contributed by atoms with van der Waals surface area (Å²) >= 11 is 0. The molecule has 2 aromatic rings. The van der Waals surface area contributed by atoms with E-state index in [1.807, 2.05) is 6.20 Å². The number of hydrogen-bond acceptors (Lipinski definition) is 4. The Bertz CT molecular complexity index is 609. The van der Waals surface area contributed by atoms with Gasteiger partial charge in [-0.3, -0.25) is 0 Å². The van der Waals surface area contributed by atoms with Crippen LogP contribution in [0.5, 0.6) is 0 Å². The molecule has 0 spiro atoms. The summed E-state index contributed by atoms with van der Waals surface area (Å²) in [5, 5.41) is 3.18. The summed E-state index contributed by atoms with van der Waals surface area (Å²) in [5.74, 6) is 1.76. The van der Waals surface area contributed by atoms with E-state index in [9.17, 15) is 0 Å². The number of aryl methyl sites for hydroxylation is 1. The maximum Gasteiger partial charge on any atom is 0.224 e. The highest BCUT2D eigenvalue weighted by Crippen LogP contribution is 2.25. The van der Waals surface area contributed by atoms with Crippen LogP contribution in [0.1, 0.15) is 23.6 Å². The lowest BCUT2D eigenvalue weighted by molar-refractivity contribution is 0.716. The van der Waals surface area contributed by atoms with Gasteiger partial charge in [0.25, 0.3) is 0 Å². The molecule has 1 aromatic carbocycles. The molecule has 1 aromatic heterocycles. The molecule has 0 amide bonds. The Hall–Kier alpha value is -2.10. The van der Waals surface area contributed by atoms with Crippen molar-refractivity contribution >= 4 is 11.8 Å². The molecule has 3 rings (SSSR count). The maximum absolute atomic E-state index is 4.66. The van der Waals surface area contributed by atoms with Crippen LogP contribution in [0, 0.1) is 6.92 Å². The van der Waals surface area contributed by atoms with Gasteiger partial charge in [0.15, 0.2) is 0 Å². The second-order valence-corrected chi connectivity index (χ2v) is 5.17. The number of nitrogens with zero attached hydrogens (tertiary/aromatic N) is 3. The molecule has 0 aliphatic carbocycles. The van der Waals surface area contributed by atoms with Gasteiger partial charge in [-0.2, -0.15) is 4.98 Å². The average molecular weight is 268 g/mol. The van der Waals surface area contributed by atoms with Gasteiger partial charge in [-0.05, 0) is 31.4 Å². The molecular formula is C16H20N4. The molecule has 0 saturated heterocycles. The molecule has 104 valence electrons. The fourth-order valence-corrected chi connectivity index (χ4v) is 2.67.